The van der Waals surface area contributed by atoms with E-state index < -0.39 is 16.8 Å². The summed E-state index contributed by atoms with van der Waals surface area (Å²) in [6.07, 6.45) is -0.335. The molecular formula is C8H16O5S. The summed E-state index contributed by atoms with van der Waals surface area (Å²) in [5, 5.41) is 8.45. The molecule has 84 valence electrons. The van der Waals surface area contributed by atoms with Crippen molar-refractivity contribution in [2.24, 2.45) is 0 Å². The van der Waals surface area contributed by atoms with Crippen molar-refractivity contribution >= 4 is 16.8 Å². The van der Waals surface area contributed by atoms with Crippen LogP contribution in [0.5, 0.6) is 0 Å². The maximum Gasteiger partial charge on any atom is 0.318 e. The maximum atomic E-state index is 11.1. The number of carbonyl (C=O) groups is 1. The summed E-state index contributed by atoms with van der Waals surface area (Å²) < 4.78 is 20.6. The van der Waals surface area contributed by atoms with Crippen molar-refractivity contribution in [3.63, 3.8) is 0 Å². The Morgan fingerprint density at radius 3 is 2.71 bits per heavy atom. The Labute approximate surface area is 85.9 Å². The zero-order chi connectivity index (χ0) is 11.0. The fourth-order valence-electron chi connectivity index (χ4n) is 0.833. The molecule has 5 nitrogen and oxygen atoms in total. The van der Waals surface area contributed by atoms with Crippen LogP contribution in [-0.2, 0) is 25.1 Å². The summed E-state index contributed by atoms with van der Waals surface area (Å²) in [6.45, 7) is 1.82. The van der Waals surface area contributed by atoms with E-state index in [2.05, 4.69) is 0 Å². The van der Waals surface area contributed by atoms with Crippen LogP contribution in [0.1, 0.15) is 6.92 Å². The summed E-state index contributed by atoms with van der Waals surface area (Å²) in [4.78, 5) is 11.1. The lowest BCUT2D eigenvalue weighted by Crippen LogP contribution is -2.24. The molecule has 0 aliphatic carbocycles. The number of aliphatic hydroxyl groups excluding tert-OH is 1. The molecular weight excluding hydrogens is 208 g/mol. The van der Waals surface area contributed by atoms with E-state index in [4.69, 9.17) is 14.6 Å². The third-order valence-electron chi connectivity index (χ3n) is 1.33. The Bertz CT molecular complexity index is 194. The van der Waals surface area contributed by atoms with Gasteiger partial charge in [0.05, 0.1) is 13.2 Å². The van der Waals surface area contributed by atoms with Crippen LogP contribution in [0.25, 0.3) is 0 Å². The molecule has 0 saturated carbocycles. The number of rotatable bonds is 7. The largest absolute Gasteiger partial charge is 0.460 e. The molecule has 1 N–H and O–H groups in total. The molecule has 0 radical (unpaired) electrons. The van der Waals surface area contributed by atoms with E-state index in [-0.39, 0.29) is 24.2 Å². The molecule has 0 aromatic rings. The Morgan fingerprint density at radius 1 is 1.57 bits per heavy atom. The van der Waals surface area contributed by atoms with Gasteiger partial charge in [0.2, 0.25) is 0 Å². The molecule has 14 heavy (non-hydrogen) atoms. The summed E-state index contributed by atoms with van der Waals surface area (Å²) in [7, 11) is 0.172. The number of ether oxygens (including phenoxy) is 2. The number of esters is 1. The second-order valence-electron chi connectivity index (χ2n) is 2.77. The highest BCUT2D eigenvalue weighted by Gasteiger charge is 2.12. The Morgan fingerprint density at radius 2 is 2.21 bits per heavy atom. The fraction of sp³-hybridized carbons (Fsp3) is 0.875. The van der Waals surface area contributed by atoms with Crippen molar-refractivity contribution < 1.29 is 23.6 Å². The summed E-state index contributed by atoms with van der Waals surface area (Å²) in [6, 6.07) is 0. The van der Waals surface area contributed by atoms with E-state index in [9.17, 15) is 9.00 Å². The molecule has 0 saturated heterocycles. The van der Waals surface area contributed by atoms with Crippen LogP contribution in [0.3, 0.4) is 0 Å². The molecule has 2 unspecified atom stereocenters. The van der Waals surface area contributed by atoms with Crippen LogP contribution in [0, 0.1) is 0 Å². The highest BCUT2D eigenvalue weighted by atomic mass is 32.2. The van der Waals surface area contributed by atoms with Crippen molar-refractivity contribution in [3.05, 3.63) is 0 Å². The van der Waals surface area contributed by atoms with Crippen LogP contribution in [0.2, 0.25) is 0 Å². The van der Waals surface area contributed by atoms with Gasteiger partial charge in [-0.25, -0.2) is 0 Å². The van der Waals surface area contributed by atoms with Crippen LogP contribution >= 0.6 is 0 Å². The highest BCUT2D eigenvalue weighted by Crippen LogP contribution is 1.94. The minimum atomic E-state index is -1.34. The van der Waals surface area contributed by atoms with Gasteiger partial charge in [-0.2, -0.15) is 0 Å². The molecule has 0 fully saturated rings. The van der Waals surface area contributed by atoms with Gasteiger partial charge in [-0.05, 0) is 6.92 Å². The van der Waals surface area contributed by atoms with Crippen molar-refractivity contribution in [3.8, 4) is 0 Å². The van der Waals surface area contributed by atoms with Gasteiger partial charge in [-0.3, -0.25) is 9.00 Å². The van der Waals surface area contributed by atoms with Crippen molar-refractivity contribution in [2.75, 3.05) is 31.8 Å². The predicted octanol–water partition coefficient (Wildman–Crippen LogP) is -0.694. The van der Waals surface area contributed by atoms with Crippen molar-refractivity contribution in [1.29, 1.82) is 0 Å². The monoisotopic (exact) mass is 224 g/mol. The lowest BCUT2D eigenvalue weighted by Gasteiger charge is -2.11. The van der Waals surface area contributed by atoms with Crippen LogP contribution < -0.4 is 0 Å². The molecule has 6 heteroatoms. The first-order valence-electron chi connectivity index (χ1n) is 4.24. The standard InChI is InChI=1S/C8H16O5S/c1-7(5-12-2)13-8(10)6-14(11)4-3-9/h7,9H,3-6H2,1-2H3. The van der Waals surface area contributed by atoms with Crippen LogP contribution in [-0.4, -0.2) is 53.2 Å². The number of carbonyl (C=O) groups excluding carboxylic acids is 1. The first-order valence-corrected chi connectivity index (χ1v) is 5.73. The molecule has 0 bridgehead atoms. The third kappa shape index (κ3) is 6.99. The molecule has 0 rings (SSSR count). The molecule has 0 aromatic carbocycles. The van der Waals surface area contributed by atoms with Gasteiger partial charge in [0, 0.05) is 23.7 Å². The van der Waals surface area contributed by atoms with Gasteiger partial charge in [0.15, 0.2) is 0 Å². The molecule has 0 heterocycles. The Hall–Kier alpha value is -0.460. The van der Waals surface area contributed by atoms with E-state index in [1.54, 1.807) is 6.92 Å². The van der Waals surface area contributed by atoms with E-state index in [0.29, 0.717) is 6.61 Å². The summed E-state index contributed by atoms with van der Waals surface area (Å²) >= 11 is 0. The molecule has 2 atom stereocenters. The number of hydrogen-bond acceptors (Lipinski definition) is 5. The lowest BCUT2D eigenvalue weighted by atomic mass is 10.4. The SMILES string of the molecule is COCC(C)OC(=O)CS(=O)CCO. The van der Waals surface area contributed by atoms with Crippen molar-refractivity contribution in [1.82, 2.24) is 0 Å². The molecule has 0 spiro atoms. The van der Waals surface area contributed by atoms with E-state index in [0.717, 1.165) is 0 Å². The quantitative estimate of drug-likeness (QED) is 0.579. The van der Waals surface area contributed by atoms with Gasteiger partial charge in [0.25, 0.3) is 0 Å². The predicted molar refractivity (Wildman–Crippen MR) is 52.4 cm³/mol. The lowest BCUT2D eigenvalue weighted by molar-refractivity contribution is -0.147. The summed E-state index contributed by atoms with van der Waals surface area (Å²) in [5.41, 5.74) is 0. The Kier molecular flexibility index (Phi) is 7.64. The smallest absolute Gasteiger partial charge is 0.318 e. The highest BCUT2D eigenvalue weighted by molar-refractivity contribution is 7.85. The fourth-order valence-corrected chi connectivity index (χ4v) is 1.51. The molecule has 0 aliphatic rings. The van der Waals surface area contributed by atoms with Gasteiger partial charge in [-0.15, -0.1) is 0 Å². The van der Waals surface area contributed by atoms with Crippen LogP contribution in [0.15, 0.2) is 0 Å². The molecule has 0 aromatic heterocycles. The van der Waals surface area contributed by atoms with E-state index >= 15 is 0 Å². The zero-order valence-electron chi connectivity index (χ0n) is 8.39. The molecule has 0 amide bonds. The van der Waals surface area contributed by atoms with Gasteiger partial charge in [-0.1, -0.05) is 0 Å². The van der Waals surface area contributed by atoms with Gasteiger partial charge >= 0.3 is 5.97 Å². The second kappa shape index (κ2) is 7.90. The van der Waals surface area contributed by atoms with Crippen LogP contribution in [0.4, 0.5) is 0 Å². The van der Waals surface area contributed by atoms with Gasteiger partial charge in [0.1, 0.15) is 11.9 Å². The zero-order valence-corrected chi connectivity index (χ0v) is 9.21. The average Bonchev–Trinajstić information content (AvgIpc) is 2.03. The number of aliphatic hydroxyl groups is 1. The molecule has 0 aliphatic heterocycles. The first-order chi connectivity index (χ1) is 6.60. The van der Waals surface area contributed by atoms with Gasteiger partial charge < -0.3 is 14.6 Å². The summed E-state index contributed by atoms with van der Waals surface area (Å²) in [5.74, 6) is -0.594. The third-order valence-corrected chi connectivity index (χ3v) is 2.53. The first kappa shape index (κ1) is 13.5. The topological polar surface area (TPSA) is 72.8 Å². The number of hydrogen-bond donors (Lipinski definition) is 1. The van der Waals surface area contributed by atoms with E-state index in [1.165, 1.54) is 7.11 Å². The maximum absolute atomic E-state index is 11.1. The minimum Gasteiger partial charge on any atom is -0.460 e. The normalized spacial score (nSPS) is 14.8. The van der Waals surface area contributed by atoms with Crippen molar-refractivity contribution in [2.45, 2.75) is 13.0 Å². The second-order valence-corrected chi connectivity index (χ2v) is 4.34. The number of methoxy groups -OCH3 is 1. The minimum absolute atomic E-state index is 0.105. The van der Waals surface area contributed by atoms with E-state index in [1.807, 2.05) is 0 Å². The average molecular weight is 224 g/mol. The Balaban J connectivity index is 3.69.